The SMILES string of the molecule is CC(=NNC(=O)C(=O)Nc1cccc(Cl)c1)c1ccccc1OC(=O)c1ccccc1C. The number of carbonyl (C=O) groups excluding carboxylic acids is 3. The highest BCUT2D eigenvalue weighted by atomic mass is 35.5. The van der Waals surface area contributed by atoms with Crippen molar-refractivity contribution in [1.82, 2.24) is 5.43 Å². The van der Waals surface area contributed by atoms with Gasteiger partial charge in [0.05, 0.1) is 11.3 Å². The number of hydrogen-bond donors (Lipinski definition) is 2. The highest BCUT2D eigenvalue weighted by Crippen LogP contribution is 2.21. The van der Waals surface area contributed by atoms with Gasteiger partial charge in [0, 0.05) is 16.3 Å². The number of hydrazone groups is 1. The van der Waals surface area contributed by atoms with Gasteiger partial charge in [-0.1, -0.05) is 48.0 Å². The summed E-state index contributed by atoms with van der Waals surface area (Å²) in [5.41, 5.74) is 4.66. The van der Waals surface area contributed by atoms with Crippen LogP contribution in [0.15, 0.2) is 77.9 Å². The summed E-state index contributed by atoms with van der Waals surface area (Å²) in [5.74, 6) is -2.09. The van der Waals surface area contributed by atoms with Gasteiger partial charge in [-0.05, 0) is 55.8 Å². The Morgan fingerprint density at radius 1 is 0.875 bits per heavy atom. The van der Waals surface area contributed by atoms with E-state index < -0.39 is 17.8 Å². The Morgan fingerprint density at radius 3 is 2.28 bits per heavy atom. The maximum atomic E-state index is 12.6. The van der Waals surface area contributed by atoms with Crippen molar-refractivity contribution < 1.29 is 19.1 Å². The van der Waals surface area contributed by atoms with Crippen molar-refractivity contribution in [3.8, 4) is 5.75 Å². The lowest BCUT2D eigenvalue weighted by Crippen LogP contribution is -2.33. The minimum atomic E-state index is -0.960. The molecule has 0 saturated carbocycles. The molecule has 0 fully saturated rings. The third kappa shape index (κ3) is 5.80. The van der Waals surface area contributed by atoms with Crippen LogP contribution in [0.5, 0.6) is 5.75 Å². The number of rotatable bonds is 5. The van der Waals surface area contributed by atoms with Crippen LogP contribution in [0.3, 0.4) is 0 Å². The highest BCUT2D eigenvalue weighted by molar-refractivity contribution is 6.40. The number of halogens is 1. The molecule has 3 rings (SSSR count). The van der Waals surface area contributed by atoms with E-state index in [4.69, 9.17) is 16.3 Å². The first kappa shape index (κ1) is 22.7. The number of esters is 1. The maximum Gasteiger partial charge on any atom is 0.343 e. The third-order valence-electron chi connectivity index (χ3n) is 4.46. The Bertz CT molecular complexity index is 1210. The van der Waals surface area contributed by atoms with Crippen molar-refractivity contribution in [2.24, 2.45) is 5.10 Å². The number of carbonyl (C=O) groups is 3. The number of anilines is 1. The Hall–Kier alpha value is -3.97. The van der Waals surface area contributed by atoms with Gasteiger partial charge in [0.15, 0.2) is 0 Å². The largest absolute Gasteiger partial charge is 0.422 e. The molecule has 0 spiro atoms. The molecule has 8 heteroatoms. The monoisotopic (exact) mass is 449 g/mol. The standard InChI is InChI=1S/C24H20ClN3O4/c1-15-8-3-4-11-19(15)24(31)32-21-13-6-5-12-20(21)16(2)27-28-23(30)22(29)26-18-10-7-9-17(25)14-18/h3-14H,1-2H3,(H,26,29)(H,28,30). The minimum Gasteiger partial charge on any atom is -0.422 e. The zero-order valence-electron chi connectivity index (χ0n) is 17.4. The molecule has 0 aliphatic heterocycles. The van der Waals surface area contributed by atoms with Gasteiger partial charge in [-0.3, -0.25) is 9.59 Å². The van der Waals surface area contributed by atoms with Gasteiger partial charge >= 0.3 is 17.8 Å². The summed E-state index contributed by atoms with van der Waals surface area (Å²) >= 11 is 5.87. The molecule has 0 heterocycles. The van der Waals surface area contributed by atoms with E-state index in [0.717, 1.165) is 5.56 Å². The number of hydrogen-bond acceptors (Lipinski definition) is 5. The molecule has 0 radical (unpaired) electrons. The molecule has 0 aromatic heterocycles. The van der Waals surface area contributed by atoms with Gasteiger partial charge in [0.1, 0.15) is 5.75 Å². The van der Waals surface area contributed by atoms with Crippen molar-refractivity contribution in [1.29, 1.82) is 0 Å². The predicted molar refractivity (Wildman–Crippen MR) is 123 cm³/mol. The van der Waals surface area contributed by atoms with E-state index in [2.05, 4.69) is 15.8 Å². The summed E-state index contributed by atoms with van der Waals surface area (Å²) < 4.78 is 5.55. The second-order valence-electron chi connectivity index (χ2n) is 6.80. The fourth-order valence-electron chi connectivity index (χ4n) is 2.81. The number of amides is 2. The fourth-order valence-corrected chi connectivity index (χ4v) is 3.00. The normalized spacial score (nSPS) is 10.9. The van der Waals surface area contributed by atoms with Gasteiger partial charge in [-0.2, -0.15) is 5.10 Å². The van der Waals surface area contributed by atoms with E-state index >= 15 is 0 Å². The quantitative estimate of drug-likeness (QED) is 0.199. The number of nitrogens with one attached hydrogen (secondary N) is 2. The van der Waals surface area contributed by atoms with Crippen LogP contribution in [0.25, 0.3) is 0 Å². The lowest BCUT2D eigenvalue weighted by Gasteiger charge is -2.11. The first-order chi connectivity index (χ1) is 15.3. The summed E-state index contributed by atoms with van der Waals surface area (Å²) in [6.45, 7) is 3.44. The summed E-state index contributed by atoms with van der Waals surface area (Å²) in [5, 5.41) is 6.83. The zero-order valence-corrected chi connectivity index (χ0v) is 18.1. The van der Waals surface area contributed by atoms with Crippen LogP contribution in [0, 0.1) is 6.92 Å². The fraction of sp³-hybridized carbons (Fsp3) is 0.0833. The van der Waals surface area contributed by atoms with E-state index in [0.29, 0.717) is 27.5 Å². The van der Waals surface area contributed by atoms with Crippen LogP contribution in [0.4, 0.5) is 5.69 Å². The van der Waals surface area contributed by atoms with Gasteiger partial charge < -0.3 is 10.1 Å². The molecule has 3 aromatic carbocycles. The lowest BCUT2D eigenvalue weighted by atomic mass is 10.1. The number of benzene rings is 3. The maximum absolute atomic E-state index is 12.6. The minimum absolute atomic E-state index is 0.277. The summed E-state index contributed by atoms with van der Waals surface area (Å²) in [4.78, 5) is 36.7. The zero-order chi connectivity index (χ0) is 23.1. The first-order valence-electron chi connectivity index (χ1n) is 9.63. The van der Waals surface area contributed by atoms with Crippen LogP contribution in [-0.2, 0) is 9.59 Å². The molecule has 2 amide bonds. The Labute approximate surface area is 190 Å². The van der Waals surface area contributed by atoms with Crippen molar-refractivity contribution in [3.05, 3.63) is 94.5 Å². The van der Waals surface area contributed by atoms with Crippen molar-refractivity contribution in [2.45, 2.75) is 13.8 Å². The van der Waals surface area contributed by atoms with Crippen molar-refractivity contribution in [2.75, 3.05) is 5.32 Å². The van der Waals surface area contributed by atoms with E-state index in [1.807, 2.05) is 19.1 Å². The van der Waals surface area contributed by atoms with Gasteiger partial charge in [0.2, 0.25) is 0 Å². The first-order valence-corrected chi connectivity index (χ1v) is 10.0. The van der Waals surface area contributed by atoms with E-state index in [9.17, 15) is 14.4 Å². The highest BCUT2D eigenvalue weighted by Gasteiger charge is 2.16. The molecule has 0 unspecified atom stereocenters. The van der Waals surface area contributed by atoms with Crippen LogP contribution in [0.1, 0.15) is 28.4 Å². The molecular formula is C24H20ClN3O4. The van der Waals surface area contributed by atoms with Gasteiger partial charge in [-0.25, -0.2) is 10.2 Å². The second-order valence-corrected chi connectivity index (χ2v) is 7.24. The van der Waals surface area contributed by atoms with Crippen LogP contribution >= 0.6 is 11.6 Å². The molecule has 0 saturated heterocycles. The Balaban J connectivity index is 1.70. The summed E-state index contributed by atoms with van der Waals surface area (Å²) in [7, 11) is 0. The molecule has 3 aromatic rings. The van der Waals surface area contributed by atoms with E-state index in [1.54, 1.807) is 61.5 Å². The van der Waals surface area contributed by atoms with Crippen LogP contribution in [0.2, 0.25) is 5.02 Å². The van der Waals surface area contributed by atoms with E-state index in [-0.39, 0.29) is 5.75 Å². The molecule has 2 N–H and O–H groups in total. The molecular weight excluding hydrogens is 430 g/mol. The van der Waals surface area contributed by atoms with Gasteiger partial charge in [0.25, 0.3) is 0 Å². The van der Waals surface area contributed by atoms with Gasteiger partial charge in [-0.15, -0.1) is 0 Å². The number of nitrogens with zero attached hydrogens (tertiary/aromatic N) is 1. The average molecular weight is 450 g/mol. The molecule has 0 atom stereocenters. The molecule has 162 valence electrons. The molecule has 0 aliphatic carbocycles. The topological polar surface area (TPSA) is 96.9 Å². The second kappa shape index (κ2) is 10.4. The average Bonchev–Trinajstić information content (AvgIpc) is 2.77. The lowest BCUT2D eigenvalue weighted by molar-refractivity contribution is -0.136. The summed E-state index contributed by atoms with van der Waals surface area (Å²) in [6, 6.07) is 20.3. The molecule has 7 nitrogen and oxygen atoms in total. The molecule has 32 heavy (non-hydrogen) atoms. The Morgan fingerprint density at radius 2 is 1.56 bits per heavy atom. The number of para-hydroxylation sites is 1. The third-order valence-corrected chi connectivity index (χ3v) is 4.69. The smallest absolute Gasteiger partial charge is 0.343 e. The van der Waals surface area contributed by atoms with Crippen molar-refractivity contribution >= 4 is 40.8 Å². The van der Waals surface area contributed by atoms with Crippen LogP contribution in [-0.4, -0.2) is 23.5 Å². The number of ether oxygens (including phenoxy) is 1. The molecule has 0 aliphatic rings. The van der Waals surface area contributed by atoms with Crippen molar-refractivity contribution in [3.63, 3.8) is 0 Å². The van der Waals surface area contributed by atoms with E-state index in [1.165, 1.54) is 6.07 Å². The summed E-state index contributed by atoms with van der Waals surface area (Å²) in [6.07, 6.45) is 0. The molecule has 0 bridgehead atoms. The number of aryl methyl sites for hydroxylation is 1. The van der Waals surface area contributed by atoms with Crippen LogP contribution < -0.4 is 15.5 Å². The Kier molecular flexibility index (Phi) is 7.36. The predicted octanol–water partition coefficient (Wildman–Crippen LogP) is 4.35.